The van der Waals surface area contributed by atoms with Crippen molar-refractivity contribution in [2.24, 2.45) is 5.92 Å². The van der Waals surface area contributed by atoms with E-state index in [0.29, 0.717) is 18.8 Å². The minimum Gasteiger partial charge on any atom is -0.497 e. The summed E-state index contributed by atoms with van der Waals surface area (Å²) in [5.74, 6) is 0.323. The Morgan fingerprint density at radius 1 is 1.17 bits per heavy atom. The molecule has 0 aliphatic carbocycles. The van der Waals surface area contributed by atoms with Crippen LogP contribution in [0.3, 0.4) is 0 Å². The van der Waals surface area contributed by atoms with Gasteiger partial charge in [0.15, 0.2) is 5.69 Å². The first-order valence-corrected chi connectivity index (χ1v) is 10.5. The molecule has 154 valence electrons. The van der Waals surface area contributed by atoms with E-state index in [4.69, 9.17) is 4.74 Å². The van der Waals surface area contributed by atoms with Crippen LogP contribution < -0.4 is 10.1 Å². The molecule has 1 fully saturated rings. The lowest BCUT2D eigenvalue weighted by Crippen LogP contribution is -2.43. The molecular formula is C22H22N4O3S. The van der Waals surface area contributed by atoms with Gasteiger partial charge < -0.3 is 15.0 Å². The summed E-state index contributed by atoms with van der Waals surface area (Å²) in [4.78, 5) is 27.0. The highest BCUT2D eigenvalue weighted by Gasteiger charge is 2.29. The number of amides is 2. The number of carbonyl (C=O) groups is 2. The van der Waals surface area contributed by atoms with E-state index in [-0.39, 0.29) is 17.7 Å². The Kier molecular flexibility index (Phi) is 6.04. The number of methoxy groups -OCH3 is 1. The predicted molar refractivity (Wildman–Crippen MR) is 116 cm³/mol. The molecule has 0 saturated carbocycles. The first-order chi connectivity index (χ1) is 14.6. The van der Waals surface area contributed by atoms with Crippen molar-refractivity contribution in [2.75, 3.05) is 25.5 Å². The highest BCUT2D eigenvalue weighted by Crippen LogP contribution is 2.26. The van der Waals surface area contributed by atoms with E-state index in [0.717, 1.165) is 47.1 Å². The van der Waals surface area contributed by atoms with Gasteiger partial charge in [0.05, 0.1) is 31.0 Å². The number of likely N-dealkylation sites (tertiary alicyclic amines) is 1. The number of hydrogen-bond acceptors (Lipinski definition) is 6. The highest BCUT2D eigenvalue weighted by atomic mass is 32.1. The lowest BCUT2D eigenvalue weighted by molar-refractivity contribution is -0.121. The summed E-state index contributed by atoms with van der Waals surface area (Å²) in [7, 11) is 1.64. The number of carbonyl (C=O) groups excluding carboxylic acids is 2. The molecular weight excluding hydrogens is 400 g/mol. The smallest absolute Gasteiger partial charge is 0.275 e. The number of hydrogen-bond donors (Lipinski definition) is 1. The van der Waals surface area contributed by atoms with Crippen molar-refractivity contribution < 1.29 is 14.3 Å². The zero-order valence-electron chi connectivity index (χ0n) is 16.6. The largest absolute Gasteiger partial charge is 0.497 e. The predicted octanol–water partition coefficient (Wildman–Crippen LogP) is 3.70. The fourth-order valence-electron chi connectivity index (χ4n) is 3.59. The van der Waals surface area contributed by atoms with Crippen LogP contribution in [0, 0.1) is 5.92 Å². The summed E-state index contributed by atoms with van der Waals surface area (Å²) < 4.78 is 13.2. The summed E-state index contributed by atoms with van der Waals surface area (Å²) in [6.45, 7) is 1.03. The molecule has 1 aromatic heterocycles. The molecule has 1 aliphatic heterocycles. The number of rotatable bonds is 5. The van der Waals surface area contributed by atoms with Crippen LogP contribution in [0.5, 0.6) is 5.75 Å². The second-order valence-corrected chi connectivity index (χ2v) is 7.74. The van der Waals surface area contributed by atoms with Crippen molar-refractivity contribution in [2.45, 2.75) is 12.8 Å². The van der Waals surface area contributed by atoms with Crippen LogP contribution in [0.1, 0.15) is 23.3 Å². The molecule has 4 rings (SSSR count). The third-order valence-corrected chi connectivity index (χ3v) is 5.69. The fraction of sp³-hybridized carbons (Fsp3) is 0.273. The van der Waals surface area contributed by atoms with E-state index in [1.54, 1.807) is 12.0 Å². The number of anilines is 1. The molecule has 1 unspecified atom stereocenters. The number of aromatic nitrogens is 2. The molecule has 7 nitrogen and oxygen atoms in total. The fourth-order valence-corrected chi connectivity index (χ4v) is 4.00. The molecule has 2 aromatic carbocycles. The SMILES string of the molecule is COc1cccc(-c2ccc(NC(=O)C3CCCN(C(=O)c4cnsn4)C3)cc2)c1. The van der Waals surface area contributed by atoms with Gasteiger partial charge in [-0.1, -0.05) is 24.3 Å². The highest BCUT2D eigenvalue weighted by molar-refractivity contribution is 6.99. The molecule has 0 spiro atoms. The van der Waals surface area contributed by atoms with Gasteiger partial charge in [0.1, 0.15) is 5.75 Å². The summed E-state index contributed by atoms with van der Waals surface area (Å²) in [5.41, 5.74) is 3.16. The zero-order chi connectivity index (χ0) is 20.9. The second kappa shape index (κ2) is 9.04. The molecule has 30 heavy (non-hydrogen) atoms. The van der Waals surface area contributed by atoms with Crippen molar-refractivity contribution in [3.05, 3.63) is 60.4 Å². The number of piperidine rings is 1. The maximum absolute atomic E-state index is 12.8. The molecule has 2 heterocycles. The van der Waals surface area contributed by atoms with Crippen molar-refractivity contribution >= 4 is 29.2 Å². The number of ether oxygens (including phenoxy) is 1. The van der Waals surface area contributed by atoms with Crippen LogP contribution >= 0.6 is 11.7 Å². The Labute approximate surface area is 179 Å². The normalized spacial score (nSPS) is 16.2. The quantitative estimate of drug-likeness (QED) is 0.678. The van der Waals surface area contributed by atoms with Crippen LogP contribution in [0.4, 0.5) is 5.69 Å². The van der Waals surface area contributed by atoms with Crippen LogP contribution in [0.15, 0.2) is 54.7 Å². The Bertz CT molecular complexity index is 1020. The Morgan fingerprint density at radius 2 is 2.00 bits per heavy atom. The van der Waals surface area contributed by atoms with Gasteiger partial charge in [0.25, 0.3) is 5.91 Å². The monoisotopic (exact) mass is 422 g/mol. The summed E-state index contributed by atoms with van der Waals surface area (Å²) in [6.07, 6.45) is 3.02. The minimum absolute atomic E-state index is 0.0713. The van der Waals surface area contributed by atoms with Crippen LogP contribution in [-0.4, -0.2) is 45.7 Å². The van der Waals surface area contributed by atoms with Gasteiger partial charge in [-0.2, -0.15) is 8.75 Å². The van der Waals surface area contributed by atoms with E-state index in [1.165, 1.54) is 6.20 Å². The lowest BCUT2D eigenvalue weighted by atomic mass is 9.96. The molecule has 0 radical (unpaired) electrons. The molecule has 3 aromatic rings. The van der Waals surface area contributed by atoms with Crippen LogP contribution in [0.25, 0.3) is 11.1 Å². The first-order valence-electron chi connectivity index (χ1n) is 9.76. The molecule has 1 saturated heterocycles. The molecule has 8 heteroatoms. The van der Waals surface area contributed by atoms with Gasteiger partial charge in [-0.15, -0.1) is 0 Å². The molecule has 1 aliphatic rings. The Balaban J connectivity index is 1.39. The van der Waals surface area contributed by atoms with Crippen LogP contribution in [-0.2, 0) is 4.79 Å². The third-order valence-electron chi connectivity index (χ3n) is 5.22. The maximum atomic E-state index is 12.8. The first kappa shape index (κ1) is 20.0. The van der Waals surface area contributed by atoms with Gasteiger partial charge >= 0.3 is 0 Å². The van der Waals surface area contributed by atoms with E-state index in [1.807, 2.05) is 48.5 Å². The molecule has 0 bridgehead atoms. The third kappa shape index (κ3) is 4.49. The van der Waals surface area contributed by atoms with Gasteiger partial charge in [-0.25, -0.2) is 0 Å². The van der Waals surface area contributed by atoms with E-state index < -0.39 is 0 Å². The van der Waals surface area contributed by atoms with E-state index in [2.05, 4.69) is 14.1 Å². The number of nitrogens with zero attached hydrogens (tertiary/aromatic N) is 3. The van der Waals surface area contributed by atoms with Crippen molar-refractivity contribution in [3.8, 4) is 16.9 Å². The lowest BCUT2D eigenvalue weighted by Gasteiger charge is -2.31. The van der Waals surface area contributed by atoms with Crippen molar-refractivity contribution in [3.63, 3.8) is 0 Å². The molecule has 1 N–H and O–H groups in total. The average molecular weight is 423 g/mol. The zero-order valence-corrected chi connectivity index (χ0v) is 17.4. The topological polar surface area (TPSA) is 84.4 Å². The Hall–Kier alpha value is -3.26. The Morgan fingerprint density at radius 3 is 2.73 bits per heavy atom. The number of benzene rings is 2. The second-order valence-electron chi connectivity index (χ2n) is 7.18. The van der Waals surface area contributed by atoms with E-state index >= 15 is 0 Å². The van der Waals surface area contributed by atoms with E-state index in [9.17, 15) is 9.59 Å². The molecule has 2 amide bonds. The standard InChI is InChI=1S/C22H22N4O3S/c1-29-19-6-2-4-16(12-19)15-7-9-18(10-8-15)24-21(27)17-5-3-11-26(14-17)22(28)20-13-23-30-25-20/h2,4,6-10,12-13,17H,3,5,11,14H2,1H3,(H,24,27). The van der Waals surface area contributed by atoms with Crippen molar-refractivity contribution in [1.29, 1.82) is 0 Å². The minimum atomic E-state index is -0.243. The maximum Gasteiger partial charge on any atom is 0.275 e. The van der Waals surface area contributed by atoms with Gasteiger partial charge in [-0.05, 0) is 48.2 Å². The summed E-state index contributed by atoms with van der Waals surface area (Å²) in [5, 5.41) is 2.98. The van der Waals surface area contributed by atoms with Gasteiger partial charge in [-0.3, -0.25) is 9.59 Å². The van der Waals surface area contributed by atoms with Crippen LogP contribution in [0.2, 0.25) is 0 Å². The van der Waals surface area contributed by atoms with Crippen molar-refractivity contribution in [1.82, 2.24) is 13.6 Å². The summed E-state index contributed by atoms with van der Waals surface area (Å²) in [6, 6.07) is 15.6. The summed E-state index contributed by atoms with van der Waals surface area (Å²) >= 11 is 1.01. The molecule has 1 atom stereocenters. The van der Waals surface area contributed by atoms with Gasteiger partial charge in [0, 0.05) is 18.8 Å². The number of nitrogens with one attached hydrogen (secondary N) is 1. The van der Waals surface area contributed by atoms with Gasteiger partial charge in [0.2, 0.25) is 5.91 Å². The average Bonchev–Trinajstić information content (AvgIpc) is 3.34.